The molecule has 1 saturated carbocycles. The average Bonchev–Trinajstić information content (AvgIpc) is 3.05. The first-order chi connectivity index (χ1) is 9.16. The normalized spacial score (nSPS) is 26.2. The summed E-state index contributed by atoms with van der Waals surface area (Å²) in [5, 5.41) is 17.0. The Balaban J connectivity index is 1.73. The first kappa shape index (κ1) is 12.1. The van der Waals surface area contributed by atoms with Gasteiger partial charge in [-0.25, -0.2) is 0 Å². The number of rotatable bonds is 2. The summed E-state index contributed by atoms with van der Waals surface area (Å²) in [5.74, 6) is -1.01. The van der Waals surface area contributed by atoms with Crippen molar-refractivity contribution in [1.29, 1.82) is 0 Å². The Kier molecular flexibility index (Phi) is 2.96. The van der Waals surface area contributed by atoms with Crippen LogP contribution in [0.25, 0.3) is 0 Å². The molecule has 7 nitrogen and oxygen atoms in total. The second-order valence-electron chi connectivity index (χ2n) is 5.18. The minimum Gasteiger partial charge on any atom is -0.481 e. The molecule has 0 aromatic carbocycles. The monoisotopic (exact) mass is 264 g/mol. The molecule has 0 spiro atoms. The largest absolute Gasteiger partial charge is 0.481 e. The van der Waals surface area contributed by atoms with Crippen molar-refractivity contribution in [3.05, 3.63) is 12.2 Å². The number of hydrogen-bond donors (Lipinski definition) is 1. The van der Waals surface area contributed by atoms with Crippen molar-refractivity contribution < 1.29 is 14.7 Å². The Morgan fingerprint density at radius 3 is 2.84 bits per heavy atom. The van der Waals surface area contributed by atoms with Crippen molar-refractivity contribution >= 4 is 11.9 Å². The van der Waals surface area contributed by atoms with Crippen LogP contribution in [0.3, 0.4) is 0 Å². The van der Waals surface area contributed by atoms with Crippen molar-refractivity contribution in [2.45, 2.75) is 32.4 Å². The molecule has 1 N–H and O–H groups in total. The number of carbonyl (C=O) groups is 2. The Hall–Kier alpha value is -1.92. The zero-order valence-corrected chi connectivity index (χ0v) is 10.5. The van der Waals surface area contributed by atoms with Crippen LogP contribution < -0.4 is 0 Å². The van der Waals surface area contributed by atoms with Crippen molar-refractivity contribution in [2.75, 3.05) is 6.54 Å². The van der Waals surface area contributed by atoms with Gasteiger partial charge in [0, 0.05) is 13.1 Å². The Bertz CT molecular complexity index is 513. The number of nitrogens with zero attached hydrogens (tertiary/aromatic N) is 4. The highest BCUT2D eigenvalue weighted by Gasteiger charge is 2.40. The van der Waals surface area contributed by atoms with Crippen molar-refractivity contribution in [2.24, 2.45) is 11.8 Å². The van der Waals surface area contributed by atoms with Gasteiger partial charge >= 0.3 is 5.97 Å². The Morgan fingerprint density at radius 2 is 2.05 bits per heavy atom. The lowest BCUT2D eigenvalue weighted by Gasteiger charge is -2.30. The molecule has 1 fully saturated rings. The van der Waals surface area contributed by atoms with E-state index in [1.54, 1.807) is 11.2 Å². The Morgan fingerprint density at radius 1 is 1.26 bits per heavy atom. The molecule has 0 unspecified atom stereocenters. The molecule has 1 aliphatic carbocycles. The minimum absolute atomic E-state index is 0.0425. The maximum Gasteiger partial charge on any atom is 0.307 e. The van der Waals surface area contributed by atoms with Gasteiger partial charge in [-0.3, -0.25) is 9.59 Å². The smallest absolute Gasteiger partial charge is 0.307 e. The van der Waals surface area contributed by atoms with Gasteiger partial charge in [0.1, 0.15) is 6.33 Å². The molecule has 0 saturated heterocycles. The number of fused-ring (bicyclic) bond motifs is 1. The van der Waals surface area contributed by atoms with E-state index in [1.165, 1.54) is 0 Å². The maximum absolute atomic E-state index is 12.5. The summed E-state index contributed by atoms with van der Waals surface area (Å²) < 4.78 is 1.92. The molecule has 1 amide bonds. The highest BCUT2D eigenvalue weighted by Crippen LogP contribution is 2.34. The van der Waals surface area contributed by atoms with Crippen LogP contribution in [0.2, 0.25) is 0 Å². The lowest BCUT2D eigenvalue weighted by molar-refractivity contribution is -0.149. The summed E-state index contributed by atoms with van der Waals surface area (Å²) in [4.78, 5) is 25.3. The van der Waals surface area contributed by atoms with Crippen molar-refractivity contribution in [3.8, 4) is 0 Å². The fraction of sp³-hybridized carbons (Fsp3) is 0.667. The standard InChI is InChI=1S/C12H16N4O3/c17-11(8-2-1-3-9(8)12(18)19)15-4-5-16-7-13-14-10(16)6-15/h7-9H,1-6H2,(H,18,19)/t8-,9+/m1/s1. The summed E-state index contributed by atoms with van der Waals surface area (Å²) >= 11 is 0. The molecule has 1 aliphatic heterocycles. The molecule has 19 heavy (non-hydrogen) atoms. The fourth-order valence-electron chi connectivity index (χ4n) is 3.04. The maximum atomic E-state index is 12.5. The van der Waals surface area contributed by atoms with Gasteiger partial charge in [0.25, 0.3) is 0 Å². The number of hydrogen-bond acceptors (Lipinski definition) is 4. The summed E-state index contributed by atoms with van der Waals surface area (Å²) in [6.45, 7) is 1.72. The third-order valence-corrected chi connectivity index (χ3v) is 4.10. The number of carbonyl (C=O) groups excluding carboxylic acids is 1. The van der Waals surface area contributed by atoms with Gasteiger partial charge in [0.15, 0.2) is 5.82 Å². The number of carboxylic acids is 1. The minimum atomic E-state index is -0.851. The topological polar surface area (TPSA) is 88.3 Å². The van der Waals surface area contributed by atoms with Crippen LogP contribution in [0.15, 0.2) is 6.33 Å². The molecule has 1 aromatic heterocycles. The van der Waals surface area contributed by atoms with Gasteiger partial charge in [-0.2, -0.15) is 0 Å². The van der Waals surface area contributed by atoms with E-state index in [2.05, 4.69) is 10.2 Å². The van der Waals surface area contributed by atoms with Gasteiger partial charge in [0.2, 0.25) is 5.91 Å². The summed E-state index contributed by atoms with van der Waals surface area (Å²) in [5.41, 5.74) is 0. The lowest BCUT2D eigenvalue weighted by Crippen LogP contribution is -2.43. The zero-order valence-electron chi connectivity index (χ0n) is 10.5. The van der Waals surface area contributed by atoms with Crippen LogP contribution in [0.5, 0.6) is 0 Å². The fourth-order valence-corrected chi connectivity index (χ4v) is 3.04. The summed E-state index contributed by atoms with van der Waals surface area (Å²) in [6.07, 6.45) is 3.76. The molecule has 1 aromatic rings. The van der Waals surface area contributed by atoms with E-state index in [1.807, 2.05) is 4.57 Å². The van der Waals surface area contributed by atoms with Crippen LogP contribution >= 0.6 is 0 Å². The molecular weight excluding hydrogens is 248 g/mol. The molecule has 2 heterocycles. The van der Waals surface area contributed by atoms with E-state index in [4.69, 9.17) is 5.11 Å². The van der Waals surface area contributed by atoms with Crippen LogP contribution in [-0.2, 0) is 22.7 Å². The summed E-state index contributed by atoms with van der Waals surface area (Å²) in [7, 11) is 0. The molecule has 0 bridgehead atoms. The van der Waals surface area contributed by atoms with E-state index in [-0.39, 0.29) is 11.8 Å². The lowest BCUT2D eigenvalue weighted by atomic mass is 9.94. The molecular formula is C12H16N4O3. The predicted molar refractivity (Wildman–Crippen MR) is 63.9 cm³/mol. The molecule has 2 atom stereocenters. The zero-order chi connectivity index (χ0) is 13.4. The molecule has 2 aliphatic rings. The summed E-state index contributed by atoms with van der Waals surface area (Å²) in [6, 6.07) is 0. The van der Waals surface area contributed by atoms with E-state index in [9.17, 15) is 9.59 Å². The predicted octanol–water partition coefficient (Wildman–Crippen LogP) is 0.121. The van der Waals surface area contributed by atoms with Gasteiger partial charge in [-0.1, -0.05) is 6.42 Å². The van der Waals surface area contributed by atoms with Crippen LogP contribution in [-0.4, -0.2) is 43.2 Å². The van der Waals surface area contributed by atoms with Gasteiger partial charge in [0.05, 0.1) is 18.4 Å². The van der Waals surface area contributed by atoms with Crippen molar-refractivity contribution in [1.82, 2.24) is 19.7 Å². The second kappa shape index (κ2) is 4.64. The van der Waals surface area contributed by atoms with Gasteiger partial charge in [-0.15, -0.1) is 10.2 Å². The van der Waals surface area contributed by atoms with E-state index >= 15 is 0 Å². The molecule has 102 valence electrons. The number of aromatic nitrogens is 3. The van der Waals surface area contributed by atoms with Crippen molar-refractivity contribution in [3.63, 3.8) is 0 Å². The first-order valence-electron chi connectivity index (χ1n) is 6.55. The van der Waals surface area contributed by atoms with Gasteiger partial charge < -0.3 is 14.6 Å². The molecule has 0 radical (unpaired) electrons. The number of carboxylic acid groups (broad SMARTS) is 1. The third-order valence-electron chi connectivity index (χ3n) is 4.10. The highest BCUT2D eigenvalue weighted by molar-refractivity contribution is 5.85. The van der Waals surface area contributed by atoms with Crippen LogP contribution in [0.4, 0.5) is 0 Å². The quantitative estimate of drug-likeness (QED) is 0.819. The average molecular weight is 264 g/mol. The number of amides is 1. The van der Waals surface area contributed by atoms with E-state index < -0.39 is 11.9 Å². The van der Waals surface area contributed by atoms with Crippen LogP contribution in [0.1, 0.15) is 25.1 Å². The second-order valence-corrected chi connectivity index (χ2v) is 5.18. The Labute approximate surface area is 110 Å². The molecule has 7 heteroatoms. The highest BCUT2D eigenvalue weighted by atomic mass is 16.4. The third kappa shape index (κ3) is 2.09. The van der Waals surface area contributed by atoms with Crippen LogP contribution in [0, 0.1) is 11.8 Å². The van der Waals surface area contributed by atoms with E-state index in [0.717, 1.165) is 12.2 Å². The number of aliphatic carboxylic acids is 1. The first-order valence-corrected chi connectivity index (χ1v) is 6.55. The van der Waals surface area contributed by atoms with E-state index in [0.29, 0.717) is 32.5 Å². The molecule has 3 rings (SSSR count). The SMILES string of the molecule is O=C(O)[C@H]1CCC[C@H]1C(=O)N1CCn2cnnc2C1. The van der Waals surface area contributed by atoms with Gasteiger partial charge in [-0.05, 0) is 12.8 Å².